The van der Waals surface area contributed by atoms with Crippen molar-refractivity contribution in [1.29, 1.82) is 0 Å². The molecule has 0 aromatic heterocycles. The van der Waals surface area contributed by atoms with Crippen LogP contribution in [-0.4, -0.2) is 17.4 Å². The minimum Gasteiger partial charge on any atom is -0.384 e. The molecule has 0 radical (unpaired) electrons. The van der Waals surface area contributed by atoms with Gasteiger partial charge in [0.25, 0.3) is 0 Å². The number of hydrogen-bond donors (Lipinski definition) is 1. The van der Waals surface area contributed by atoms with E-state index >= 15 is 0 Å². The molecule has 17 heavy (non-hydrogen) atoms. The molecular formula is C13H15F3O. The molecule has 1 nitrogen and oxygen atoms in total. The molecule has 0 saturated carbocycles. The van der Waals surface area contributed by atoms with Gasteiger partial charge >= 0.3 is 6.18 Å². The van der Waals surface area contributed by atoms with Gasteiger partial charge < -0.3 is 5.11 Å². The summed E-state index contributed by atoms with van der Waals surface area (Å²) < 4.78 is 37.0. The summed E-state index contributed by atoms with van der Waals surface area (Å²) in [6, 6.07) is 7.59. The van der Waals surface area contributed by atoms with E-state index in [1.54, 1.807) is 0 Å². The molecule has 0 amide bonds. The highest BCUT2D eigenvalue weighted by Gasteiger charge is 2.40. The van der Waals surface area contributed by atoms with E-state index < -0.39 is 12.3 Å². The Kier molecular flexibility index (Phi) is 3.43. The smallest absolute Gasteiger partial charge is 0.384 e. The molecule has 1 aliphatic rings. The number of aliphatic hydroxyl groups is 1. The maximum atomic E-state index is 12.3. The second-order valence-corrected chi connectivity index (χ2v) is 4.58. The zero-order chi connectivity index (χ0) is 12.5. The highest BCUT2D eigenvalue weighted by atomic mass is 19.4. The van der Waals surface area contributed by atoms with Crippen LogP contribution < -0.4 is 0 Å². The van der Waals surface area contributed by atoms with E-state index in [-0.39, 0.29) is 12.3 Å². The van der Waals surface area contributed by atoms with E-state index in [4.69, 9.17) is 5.11 Å². The van der Waals surface area contributed by atoms with Crippen LogP contribution in [0.5, 0.6) is 0 Å². The Bertz CT molecular complexity index is 386. The lowest BCUT2D eigenvalue weighted by Crippen LogP contribution is -2.31. The molecule has 1 unspecified atom stereocenters. The van der Waals surface area contributed by atoms with Gasteiger partial charge in [0.15, 0.2) is 0 Å². The van der Waals surface area contributed by atoms with Crippen LogP contribution in [0.15, 0.2) is 24.3 Å². The van der Waals surface area contributed by atoms with E-state index in [1.807, 2.05) is 24.3 Å². The highest BCUT2D eigenvalue weighted by molar-refractivity contribution is 5.32. The van der Waals surface area contributed by atoms with Gasteiger partial charge in [-0.25, -0.2) is 0 Å². The molecule has 4 heteroatoms. The van der Waals surface area contributed by atoms with Gasteiger partial charge in [-0.05, 0) is 42.7 Å². The van der Waals surface area contributed by atoms with Crippen molar-refractivity contribution in [2.45, 2.75) is 43.9 Å². The molecule has 0 heterocycles. The Morgan fingerprint density at radius 2 is 2.00 bits per heavy atom. The summed E-state index contributed by atoms with van der Waals surface area (Å²) in [4.78, 5) is 0. The summed E-state index contributed by atoms with van der Waals surface area (Å²) in [5, 5.41) is 9.14. The minimum absolute atomic E-state index is 0.170. The van der Waals surface area contributed by atoms with E-state index in [2.05, 4.69) is 0 Å². The van der Waals surface area contributed by atoms with Gasteiger partial charge in [-0.15, -0.1) is 0 Å². The fourth-order valence-corrected chi connectivity index (χ4v) is 2.50. The molecule has 0 saturated heterocycles. The lowest BCUT2D eigenvalue weighted by atomic mass is 9.80. The van der Waals surface area contributed by atoms with Gasteiger partial charge in [-0.2, -0.15) is 13.2 Å². The zero-order valence-electron chi connectivity index (χ0n) is 9.37. The number of fused-ring (bicyclic) bond motifs is 1. The number of halogens is 3. The third-order valence-electron chi connectivity index (χ3n) is 3.38. The fourth-order valence-electron chi connectivity index (χ4n) is 2.50. The predicted molar refractivity (Wildman–Crippen MR) is 58.8 cm³/mol. The quantitative estimate of drug-likeness (QED) is 0.845. The summed E-state index contributed by atoms with van der Waals surface area (Å²) in [5.41, 5.74) is 2.10. The van der Waals surface area contributed by atoms with Crippen LogP contribution in [0.1, 0.15) is 36.3 Å². The second kappa shape index (κ2) is 4.69. The molecule has 0 spiro atoms. The number of aryl methyl sites for hydroxylation is 1. The molecule has 1 aromatic carbocycles. The van der Waals surface area contributed by atoms with Crippen LogP contribution in [0.4, 0.5) is 13.2 Å². The Morgan fingerprint density at radius 1 is 1.29 bits per heavy atom. The van der Waals surface area contributed by atoms with Crippen molar-refractivity contribution in [3.63, 3.8) is 0 Å². The third-order valence-corrected chi connectivity index (χ3v) is 3.38. The predicted octanol–water partition coefficient (Wildman–Crippen LogP) is 3.42. The zero-order valence-corrected chi connectivity index (χ0v) is 9.37. The molecule has 2 atom stereocenters. The molecule has 94 valence electrons. The molecule has 0 bridgehead atoms. The van der Waals surface area contributed by atoms with Gasteiger partial charge in [-0.3, -0.25) is 0 Å². The first kappa shape index (κ1) is 12.4. The Hall–Kier alpha value is -1.03. The minimum atomic E-state index is -4.51. The summed E-state index contributed by atoms with van der Waals surface area (Å²) in [6.45, 7) is 0. The van der Waals surface area contributed by atoms with Crippen LogP contribution in [-0.2, 0) is 6.42 Å². The number of hydrogen-bond acceptors (Lipinski definition) is 1. The maximum absolute atomic E-state index is 12.3. The number of alkyl halides is 3. The van der Waals surface area contributed by atoms with Gasteiger partial charge in [0.2, 0.25) is 0 Å². The average molecular weight is 244 g/mol. The highest BCUT2D eigenvalue weighted by Crippen LogP contribution is 2.37. The van der Waals surface area contributed by atoms with Crippen molar-refractivity contribution >= 4 is 0 Å². The average Bonchev–Trinajstić information content (AvgIpc) is 2.28. The van der Waals surface area contributed by atoms with Crippen LogP contribution >= 0.6 is 0 Å². The molecule has 1 aromatic rings. The molecule has 1 aliphatic carbocycles. The van der Waals surface area contributed by atoms with Crippen molar-refractivity contribution in [2.24, 2.45) is 0 Å². The Balaban J connectivity index is 2.14. The Morgan fingerprint density at radius 3 is 2.71 bits per heavy atom. The first-order valence-corrected chi connectivity index (χ1v) is 5.81. The third kappa shape index (κ3) is 2.80. The van der Waals surface area contributed by atoms with Crippen LogP contribution in [0.2, 0.25) is 0 Å². The number of benzene rings is 1. The summed E-state index contributed by atoms with van der Waals surface area (Å²) >= 11 is 0. The van der Waals surface area contributed by atoms with Crippen molar-refractivity contribution in [3.8, 4) is 0 Å². The van der Waals surface area contributed by atoms with Crippen LogP contribution in [0.25, 0.3) is 0 Å². The summed E-state index contributed by atoms with van der Waals surface area (Å²) in [6.07, 6.45) is -4.39. The molecular weight excluding hydrogens is 229 g/mol. The number of rotatable bonds is 2. The number of aliphatic hydroxyl groups excluding tert-OH is 1. The fraction of sp³-hybridized carbons (Fsp3) is 0.538. The maximum Gasteiger partial charge on any atom is 0.414 e. The largest absolute Gasteiger partial charge is 0.414 e. The standard InChI is InChI=1S/C13H15F3O/c14-13(15,16)12(17)8-10-6-3-5-9-4-1-2-7-11(9)10/h1-2,4,7,10,12,17H,3,5-6,8H2/t10?,12-/m0/s1. The molecule has 1 N–H and O–H groups in total. The lowest BCUT2D eigenvalue weighted by molar-refractivity contribution is -0.206. The van der Waals surface area contributed by atoms with Gasteiger partial charge in [-0.1, -0.05) is 24.3 Å². The normalized spacial score (nSPS) is 22.0. The van der Waals surface area contributed by atoms with Crippen LogP contribution in [0.3, 0.4) is 0 Å². The van der Waals surface area contributed by atoms with E-state index in [1.165, 1.54) is 0 Å². The monoisotopic (exact) mass is 244 g/mol. The van der Waals surface area contributed by atoms with Crippen molar-refractivity contribution in [1.82, 2.24) is 0 Å². The molecule has 0 fully saturated rings. The van der Waals surface area contributed by atoms with E-state index in [9.17, 15) is 13.2 Å². The van der Waals surface area contributed by atoms with Gasteiger partial charge in [0, 0.05) is 0 Å². The van der Waals surface area contributed by atoms with Crippen molar-refractivity contribution < 1.29 is 18.3 Å². The first-order chi connectivity index (χ1) is 7.98. The topological polar surface area (TPSA) is 20.2 Å². The summed E-state index contributed by atoms with van der Waals surface area (Å²) in [7, 11) is 0. The second-order valence-electron chi connectivity index (χ2n) is 4.58. The van der Waals surface area contributed by atoms with E-state index in [0.717, 1.165) is 30.4 Å². The van der Waals surface area contributed by atoms with Gasteiger partial charge in [0.05, 0.1) is 0 Å². The van der Waals surface area contributed by atoms with Crippen LogP contribution in [0, 0.1) is 0 Å². The first-order valence-electron chi connectivity index (χ1n) is 5.81. The summed E-state index contributed by atoms with van der Waals surface area (Å²) in [5.74, 6) is -0.170. The lowest BCUT2D eigenvalue weighted by Gasteiger charge is -2.27. The van der Waals surface area contributed by atoms with Gasteiger partial charge in [0.1, 0.15) is 6.10 Å². The van der Waals surface area contributed by atoms with Crippen molar-refractivity contribution in [2.75, 3.05) is 0 Å². The molecule has 0 aliphatic heterocycles. The van der Waals surface area contributed by atoms with E-state index in [0.29, 0.717) is 0 Å². The van der Waals surface area contributed by atoms with Crippen molar-refractivity contribution in [3.05, 3.63) is 35.4 Å². The molecule has 2 rings (SSSR count). The Labute approximate surface area is 98.3 Å². The SMILES string of the molecule is O[C@@H](CC1CCCc2ccccc21)C(F)(F)F.